The van der Waals surface area contributed by atoms with Gasteiger partial charge in [0.2, 0.25) is 0 Å². The van der Waals surface area contributed by atoms with Crippen LogP contribution in [0.3, 0.4) is 0 Å². The summed E-state index contributed by atoms with van der Waals surface area (Å²) < 4.78 is 0. The normalized spacial score (nSPS) is 11.3. The van der Waals surface area contributed by atoms with E-state index >= 15 is 0 Å². The summed E-state index contributed by atoms with van der Waals surface area (Å²) in [6.45, 7) is 17.7. The minimum atomic E-state index is 1.09. The van der Waals surface area contributed by atoms with E-state index in [-0.39, 0.29) is 0 Å². The first-order valence-corrected chi connectivity index (χ1v) is 34.0. The summed E-state index contributed by atoms with van der Waals surface area (Å²) >= 11 is 7.49. The van der Waals surface area contributed by atoms with Crippen molar-refractivity contribution in [2.75, 3.05) is 9.80 Å². The highest BCUT2D eigenvalue weighted by Gasteiger charge is 2.21. The summed E-state index contributed by atoms with van der Waals surface area (Å²) in [7, 11) is 0. The molecule has 6 heteroatoms. The Morgan fingerprint density at radius 1 is 0.189 bits per heavy atom. The van der Waals surface area contributed by atoms with Gasteiger partial charge < -0.3 is 9.80 Å². The number of aryl methyl sites for hydroxylation is 8. The molecule has 0 atom stereocenters. The molecule has 0 unspecified atom stereocenters. The van der Waals surface area contributed by atoms with E-state index in [0.717, 1.165) is 45.3 Å². The van der Waals surface area contributed by atoms with Crippen LogP contribution in [0.1, 0.15) is 44.5 Å². The van der Waals surface area contributed by atoms with Gasteiger partial charge in [0.1, 0.15) is 0 Å². The Balaban J connectivity index is 0.786. The van der Waals surface area contributed by atoms with Crippen molar-refractivity contribution in [1.29, 1.82) is 0 Å². The lowest BCUT2D eigenvalue weighted by molar-refractivity contribution is 1.28. The van der Waals surface area contributed by atoms with Gasteiger partial charge in [0.25, 0.3) is 0 Å². The number of hydrogen-bond donors (Lipinski definition) is 0. The van der Waals surface area contributed by atoms with Crippen molar-refractivity contribution < 1.29 is 0 Å². The van der Waals surface area contributed by atoms with Gasteiger partial charge in [-0.15, -0.1) is 45.3 Å². The maximum atomic E-state index is 2.39. The summed E-state index contributed by atoms with van der Waals surface area (Å²) in [6, 6.07) is 98.9. The predicted octanol–water partition coefficient (Wildman–Crippen LogP) is 26.3. The lowest BCUT2D eigenvalue weighted by Gasteiger charge is -2.27. The fraction of sp³-hybridized carbons (Fsp3) is 0.0952. The molecule has 0 aliphatic rings. The number of benzene rings is 10. The molecule has 10 aromatic carbocycles. The van der Waals surface area contributed by atoms with Gasteiger partial charge in [-0.25, -0.2) is 0 Å². The van der Waals surface area contributed by atoms with E-state index in [1.54, 1.807) is 0 Å². The molecule has 438 valence electrons. The SMILES string of the molecule is Cc1ccccc1-c1cc(C)c(-c2ccc(N(c3ccc(-c4ccc(N(c5ccc(-c6sc(-c7ccccc7C)cc6C)cc5)c5ccc(-c6sc(-c7ccccc7C)cc6C)cc5)cc4)cc3)c3ccc(-c4sc(-c5ccccc5C)cc4C)cc3)cc2)s1. The fourth-order valence-electron chi connectivity index (χ4n) is 12.6. The summed E-state index contributed by atoms with van der Waals surface area (Å²) in [5, 5.41) is 0. The molecule has 0 aliphatic carbocycles. The maximum absolute atomic E-state index is 2.39. The van der Waals surface area contributed by atoms with Crippen LogP contribution in [0.5, 0.6) is 0 Å². The van der Waals surface area contributed by atoms with Crippen LogP contribution in [0.25, 0.3) is 94.7 Å². The van der Waals surface area contributed by atoms with E-state index in [4.69, 9.17) is 0 Å². The molecule has 0 radical (unpaired) electrons. The number of nitrogens with zero attached hydrogens (tertiary/aromatic N) is 2. The zero-order chi connectivity index (χ0) is 61.6. The predicted molar refractivity (Wildman–Crippen MR) is 394 cm³/mol. The molecule has 0 saturated heterocycles. The van der Waals surface area contributed by atoms with Gasteiger partial charge >= 0.3 is 0 Å². The Hall–Kier alpha value is -9.40. The second-order valence-corrected chi connectivity index (χ2v) is 27.9. The fourth-order valence-corrected chi connectivity index (χ4v) is 17.6. The molecule has 4 aromatic heterocycles. The molecule has 90 heavy (non-hydrogen) atoms. The van der Waals surface area contributed by atoms with E-state index < -0.39 is 0 Å². The van der Waals surface area contributed by atoms with E-state index in [9.17, 15) is 0 Å². The first kappa shape index (κ1) is 58.3. The number of hydrogen-bond acceptors (Lipinski definition) is 6. The van der Waals surface area contributed by atoms with Crippen LogP contribution in [0.2, 0.25) is 0 Å². The van der Waals surface area contributed by atoms with Crippen LogP contribution in [0.15, 0.2) is 267 Å². The van der Waals surface area contributed by atoms with Crippen molar-refractivity contribution in [2.24, 2.45) is 0 Å². The van der Waals surface area contributed by atoms with Crippen molar-refractivity contribution in [3.8, 4) is 94.7 Å². The summed E-state index contributed by atoms with van der Waals surface area (Å²) in [5.41, 5.74) is 29.3. The molecule has 2 nitrogen and oxygen atoms in total. The molecule has 0 saturated carbocycles. The Morgan fingerprint density at radius 3 is 0.556 bits per heavy atom. The van der Waals surface area contributed by atoms with Crippen LogP contribution in [0.4, 0.5) is 34.1 Å². The summed E-state index contributed by atoms with van der Waals surface area (Å²) in [5.74, 6) is 0. The molecule has 4 heterocycles. The van der Waals surface area contributed by atoms with Gasteiger partial charge in [-0.2, -0.15) is 0 Å². The van der Waals surface area contributed by atoms with E-state index in [0.29, 0.717) is 0 Å². The summed E-state index contributed by atoms with van der Waals surface area (Å²) in [6.07, 6.45) is 0. The first-order valence-electron chi connectivity index (χ1n) is 30.8. The average molecular weight is 1230 g/mol. The largest absolute Gasteiger partial charge is 0.311 e. The van der Waals surface area contributed by atoms with Crippen LogP contribution in [-0.4, -0.2) is 0 Å². The number of anilines is 6. The van der Waals surface area contributed by atoms with Crippen molar-refractivity contribution >= 4 is 79.5 Å². The molecule has 14 aromatic rings. The second kappa shape index (κ2) is 24.9. The van der Waals surface area contributed by atoms with Crippen LogP contribution in [-0.2, 0) is 0 Å². The highest BCUT2D eigenvalue weighted by atomic mass is 32.1. The summed E-state index contributed by atoms with van der Waals surface area (Å²) in [4.78, 5) is 15.2. The topological polar surface area (TPSA) is 6.48 Å². The van der Waals surface area contributed by atoms with Crippen LogP contribution >= 0.6 is 45.3 Å². The molecule has 14 rings (SSSR count). The molecule has 0 amide bonds. The zero-order valence-corrected chi connectivity index (χ0v) is 55.2. The van der Waals surface area contributed by atoms with E-state index in [1.165, 1.54) is 128 Å². The second-order valence-electron chi connectivity index (χ2n) is 23.7. The number of thiophene rings is 4. The van der Waals surface area contributed by atoms with Gasteiger partial charge in [-0.05, 0) is 253 Å². The monoisotopic (exact) mass is 1230 g/mol. The molecule has 0 N–H and O–H groups in total. The molecular weight excluding hydrogens is 1170 g/mol. The Bertz CT molecular complexity index is 4300. The molecule has 0 bridgehead atoms. The highest BCUT2D eigenvalue weighted by Crippen LogP contribution is 2.47. The third-order valence-electron chi connectivity index (χ3n) is 17.4. The Labute approximate surface area is 546 Å². The van der Waals surface area contributed by atoms with Crippen molar-refractivity contribution in [1.82, 2.24) is 0 Å². The van der Waals surface area contributed by atoms with Crippen molar-refractivity contribution in [2.45, 2.75) is 55.4 Å². The zero-order valence-electron chi connectivity index (χ0n) is 51.9. The van der Waals surface area contributed by atoms with Gasteiger partial charge in [0.15, 0.2) is 0 Å². The molecule has 0 spiro atoms. The minimum absolute atomic E-state index is 1.09. The quantitative estimate of drug-likeness (QED) is 0.101. The lowest BCUT2D eigenvalue weighted by Crippen LogP contribution is -2.10. The van der Waals surface area contributed by atoms with Gasteiger partial charge in [-0.1, -0.05) is 170 Å². The number of rotatable bonds is 15. The van der Waals surface area contributed by atoms with Gasteiger partial charge in [-0.3, -0.25) is 0 Å². The van der Waals surface area contributed by atoms with Crippen molar-refractivity contribution in [3.05, 3.63) is 311 Å². The Morgan fingerprint density at radius 2 is 0.367 bits per heavy atom. The third-order valence-corrected chi connectivity index (χ3v) is 22.7. The minimum Gasteiger partial charge on any atom is -0.311 e. The standard InChI is InChI=1S/C84H68N2S4/c1-53-17-9-13-21-73(53)77-49-57(5)81(87-77)63-29-41-69(42-30-63)85(70-43-31-64(32-44-70)82-58(6)50-78(88-82)74-22-14-10-18-54(74)2)67-37-25-61(26-38-67)62-27-39-68(40-28-62)86(71-45-33-65(34-46-71)83-59(7)51-79(89-83)75-23-15-11-19-55(75)3)72-47-35-66(36-48-72)84-60(8)52-80(90-84)76-24-16-12-20-56(76)4/h9-52H,1-8H3. The van der Waals surface area contributed by atoms with Crippen LogP contribution < -0.4 is 9.80 Å². The highest BCUT2D eigenvalue weighted by molar-refractivity contribution is 7.20. The first-order chi connectivity index (χ1) is 43.9. The van der Waals surface area contributed by atoms with Crippen LogP contribution in [0, 0.1) is 55.4 Å². The Kier molecular flexibility index (Phi) is 16.1. The van der Waals surface area contributed by atoms with E-state index in [2.05, 4.69) is 332 Å². The molecular formula is C84H68N2S4. The van der Waals surface area contributed by atoms with Gasteiger partial charge in [0.05, 0.1) is 0 Å². The van der Waals surface area contributed by atoms with Gasteiger partial charge in [0, 0.05) is 73.1 Å². The smallest absolute Gasteiger partial charge is 0.0462 e. The lowest BCUT2D eigenvalue weighted by atomic mass is 10.0. The third kappa shape index (κ3) is 11.5. The van der Waals surface area contributed by atoms with E-state index in [1.807, 2.05) is 45.3 Å². The maximum Gasteiger partial charge on any atom is 0.0462 e. The molecule has 0 aliphatic heterocycles. The molecule has 0 fully saturated rings. The van der Waals surface area contributed by atoms with Crippen molar-refractivity contribution in [3.63, 3.8) is 0 Å². The average Bonchev–Trinajstić information content (AvgIpc) is 1.21.